The van der Waals surface area contributed by atoms with Crippen molar-refractivity contribution in [3.8, 4) is 5.75 Å². The van der Waals surface area contributed by atoms with Crippen LogP contribution < -0.4 is 4.74 Å². The van der Waals surface area contributed by atoms with Crippen molar-refractivity contribution in [2.75, 3.05) is 7.11 Å². The molecule has 1 aromatic rings. The number of aryl methyl sites for hydroxylation is 1. The molecule has 2 nitrogen and oxygen atoms in total. The number of Topliss-reactive ketones (excluding diaryl/α,β-unsaturated/α-hetero) is 1. The number of methoxy groups -OCH3 is 1. The highest BCUT2D eigenvalue weighted by Gasteiger charge is 2.16. The van der Waals surface area contributed by atoms with E-state index in [2.05, 4.69) is 20.8 Å². The standard InChI is InChI=1S/C15H22O2/c1-11-6-7-12(14(10-11)17-5)13(16)8-9-15(2,3)4/h6-7,10H,8-9H2,1-5H3. The highest BCUT2D eigenvalue weighted by atomic mass is 16.5. The molecular weight excluding hydrogens is 212 g/mol. The Bertz CT molecular complexity index is 400. The van der Waals surface area contributed by atoms with Gasteiger partial charge in [-0.1, -0.05) is 26.8 Å². The van der Waals surface area contributed by atoms with E-state index in [9.17, 15) is 4.79 Å². The zero-order chi connectivity index (χ0) is 13.1. The van der Waals surface area contributed by atoms with E-state index in [1.807, 2.05) is 25.1 Å². The van der Waals surface area contributed by atoms with Gasteiger partial charge >= 0.3 is 0 Å². The Labute approximate surface area is 104 Å². The zero-order valence-corrected chi connectivity index (χ0v) is 11.5. The Balaban J connectivity index is 2.82. The van der Waals surface area contributed by atoms with Crippen molar-refractivity contribution in [1.82, 2.24) is 0 Å². The Kier molecular flexibility index (Phi) is 4.33. The predicted molar refractivity (Wildman–Crippen MR) is 70.8 cm³/mol. The van der Waals surface area contributed by atoms with Crippen LogP contribution in [0.5, 0.6) is 5.75 Å². The SMILES string of the molecule is COc1cc(C)ccc1C(=O)CCC(C)(C)C. The second-order valence-corrected chi connectivity index (χ2v) is 5.69. The summed E-state index contributed by atoms with van der Waals surface area (Å²) in [6, 6.07) is 5.72. The molecule has 0 radical (unpaired) electrons. The van der Waals surface area contributed by atoms with E-state index in [4.69, 9.17) is 4.74 Å². The molecule has 0 fully saturated rings. The molecule has 0 aromatic heterocycles. The first-order valence-electron chi connectivity index (χ1n) is 6.01. The fraction of sp³-hybridized carbons (Fsp3) is 0.533. The molecule has 0 bridgehead atoms. The van der Waals surface area contributed by atoms with Gasteiger partial charge < -0.3 is 4.74 Å². The van der Waals surface area contributed by atoms with Crippen molar-refractivity contribution in [1.29, 1.82) is 0 Å². The normalized spacial score (nSPS) is 11.4. The Morgan fingerprint density at radius 1 is 1.29 bits per heavy atom. The van der Waals surface area contributed by atoms with Gasteiger partial charge in [0.05, 0.1) is 12.7 Å². The van der Waals surface area contributed by atoms with E-state index in [0.717, 1.165) is 12.0 Å². The molecular formula is C15H22O2. The number of ketones is 1. The third-order valence-corrected chi connectivity index (χ3v) is 2.76. The average molecular weight is 234 g/mol. The minimum atomic E-state index is 0.164. The van der Waals surface area contributed by atoms with Crippen LogP contribution in [0.3, 0.4) is 0 Å². The smallest absolute Gasteiger partial charge is 0.166 e. The van der Waals surface area contributed by atoms with Crippen LogP contribution in [0.4, 0.5) is 0 Å². The quantitative estimate of drug-likeness (QED) is 0.736. The second kappa shape index (κ2) is 5.35. The lowest BCUT2D eigenvalue weighted by Crippen LogP contribution is -2.10. The van der Waals surface area contributed by atoms with Crippen LogP contribution in [0.1, 0.15) is 49.5 Å². The van der Waals surface area contributed by atoms with Crippen LogP contribution in [-0.4, -0.2) is 12.9 Å². The summed E-state index contributed by atoms with van der Waals surface area (Å²) in [5.41, 5.74) is 1.99. The molecule has 0 saturated carbocycles. The number of carbonyl (C=O) groups excluding carboxylic acids is 1. The van der Waals surface area contributed by atoms with Crippen LogP contribution in [-0.2, 0) is 0 Å². The summed E-state index contributed by atoms with van der Waals surface area (Å²) in [6.07, 6.45) is 1.46. The molecule has 1 rings (SSSR count). The minimum Gasteiger partial charge on any atom is -0.496 e. The molecule has 94 valence electrons. The fourth-order valence-corrected chi connectivity index (χ4v) is 1.65. The highest BCUT2D eigenvalue weighted by Crippen LogP contribution is 2.26. The Morgan fingerprint density at radius 3 is 2.47 bits per heavy atom. The molecule has 0 aliphatic heterocycles. The second-order valence-electron chi connectivity index (χ2n) is 5.69. The van der Waals surface area contributed by atoms with Gasteiger partial charge in [0.15, 0.2) is 5.78 Å². The molecule has 1 aromatic carbocycles. The van der Waals surface area contributed by atoms with E-state index in [1.54, 1.807) is 7.11 Å². The Hall–Kier alpha value is -1.31. The summed E-state index contributed by atoms with van der Waals surface area (Å²) >= 11 is 0. The first-order valence-corrected chi connectivity index (χ1v) is 6.01. The van der Waals surface area contributed by atoms with E-state index in [1.165, 1.54) is 0 Å². The number of carbonyl (C=O) groups is 1. The third kappa shape index (κ3) is 4.22. The van der Waals surface area contributed by atoms with E-state index >= 15 is 0 Å². The molecule has 17 heavy (non-hydrogen) atoms. The predicted octanol–water partition coefficient (Wildman–Crippen LogP) is 4.01. The molecule has 0 spiro atoms. The molecule has 0 N–H and O–H groups in total. The van der Waals surface area contributed by atoms with Crippen molar-refractivity contribution in [3.05, 3.63) is 29.3 Å². The Morgan fingerprint density at radius 2 is 1.94 bits per heavy atom. The average Bonchev–Trinajstić information content (AvgIpc) is 2.24. The largest absolute Gasteiger partial charge is 0.496 e. The maximum atomic E-state index is 12.1. The lowest BCUT2D eigenvalue weighted by atomic mass is 9.88. The summed E-state index contributed by atoms with van der Waals surface area (Å²) in [5.74, 6) is 0.848. The lowest BCUT2D eigenvalue weighted by Gasteiger charge is -2.17. The maximum Gasteiger partial charge on any atom is 0.166 e. The van der Waals surface area contributed by atoms with Crippen LogP contribution in [0.15, 0.2) is 18.2 Å². The van der Waals surface area contributed by atoms with Gasteiger partial charge in [-0.2, -0.15) is 0 Å². The van der Waals surface area contributed by atoms with Gasteiger partial charge in [-0.25, -0.2) is 0 Å². The van der Waals surface area contributed by atoms with E-state index in [0.29, 0.717) is 17.7 Å². The van der Waals surface area contributed by atoms with Gasteiger partial charge in [-0.15, -0.1) is 0 Å². The van der Waals surface area contributed by atoms with Gasteiger partial charge in [0.25, 0.3) is 0 Å². The lowest BCUT2D eigenvalue weighted by molar-refractivity contribution is 0.0963. The van der Waals surface area contributed by atoms with Crippen LogP contribution in [0.25, 0.3) is 0 Å². The topological polar surface area (TPSA) is 26.3 Å². The summed E-state index contributed by atoms with van der Waals surface area (Å²) in [5, 5.41) is 0. The first kappa shape index (κ1) is 13.8. The zero-order valence-electron chi connectivity index (χ0n) is 11.5. The van der Waals surface area contributed by atoms with Crippen LogP contribution in [0, 0.1) is 12.3 Å². The van der Waals surface area contributed by atoms with Crippen molar-refractivity contribution in [2.24, 2.45) is 5.41 Å². The monoisotopic (exact) mass is 234 g/mol. The summed E-state index contributed by atoms with van der Waals surface area (Å²) < 4.78 is 5.26. The molecule has 0 atom stereocenters. The number of hydrogen-bond donors (Lipinski definition) is 0. The van der Waals surface area contributed by atoms with Crippen molar-refractivity contribution in [3.63, 3.8) is 0 Å². The van der Waals surface area contributed by atoms with Gasteiger partial charge in [-0.05, 0) is 36.5 Å². The number of ether oxygens (including phenoxy) is 1. The molecule has 0 aliphatic rings. The summed E-state index contributed by atoms with van der Waals surface area (Å²) in [6.45, 7) is 8.43. The van der Waals surface area contributed by atoms with Gasteiger partial charge in [0.1, 0.15) is 5.75 Å². The number of benzene rings is 1. The van der Waals surface area contributed by atoms with Gasteiger partial charge in [-0.3, -0.25) is 4.79 Å². The first-order chi connectivity index (χ1) is 7.83. The molecule has 0 aliphatic carbocycles. The highest BCUT2D eigenvalue weighted by molar-refractivity contribution is 5.98. The maximum absolute atomic E-state index is 12.1. The fourth-order valence-electron chi connectivity index (χ4n) is 1.65. The number of hydrogen-bond acceptors (Lipinski definition) is 2. The van der Waals surface area contributed by atoms with Crippen molar-refractivity contribution >= 4 is 5.78 Å². The molecule has 0 amide bonds. The van der Waals surface area contributed by atoms with Crippen molar-refractivity contribution < 1.29 is 9.53 Å². The molecule has 0 unspecified atom stereocenters. The van der Waals surface area contributed by atoms with Gasteiger partial charge in [0, 0.05) is 6.42 Å². The van der Waals surface area contributed by atoms with Gasteiger partial charge in [0.2, 0.25) is 0 Å². The summed E-state index contributed by atoms with van der Waals surface area (Å²) in [4.78, 5) is 12.1. The molecule has 2 heteroatoms. The van der Waals surface area contributed by atoms with Crippen LogP contribution >= 0.6 is 0 Å². The summed E-state index contributed by atoms with van der Waals surface area (Å²) in [7, 11) is 1.61. The minimum absolute atomic E-state index is 0.164. The van der Waals surface area contributed by atoms with E-state index in [-0.39, 0.29) is 11.2 Å². The number of rotatable bonds is 4. The van der Waals surface area contributed by atoms with Crippen LogP contribution in [0.2, 0.25) is 0 Å². The molecule has 0 heterocycles. The van der Waals surface area contributed by atoms with Crippen molar-refractivity contribution in [2.45, 2.75) is 40.5 Å². The molecule has 0 saturated heterocycles. The third-order valence-electron chi connectivity index (χ3n) is 2.76. The van der Waals surface area contributed by atoms with E-state index < -0.39 is 0 Å².